The molecule has 4 nitrogen and oxygen atoms in total. The Bertz CT molecular complexity index is 661. The Morgan fingerprint density at radius 2 is 2.04 bits per heavy atom. The SMILES string of the molecule is C=CC(=O)N1CCCC(C(=O)N2CCCC2Cc2cccc(Br)c2)C1. The fourth-order valence-corrected chi connectivity index (χ4v) is 4.46. The third kappa shape index (κ3) is 4.32. The minimum atomic E-state index is -0.0687. The van der Waals surface area contributed by atoms with Crippen LogP contribution in [0.4, 0.5) is 0 Å². The maximum absolute atomic E-state index is 13.1. The molecule has 2 amide bonds. The van der Waals surface area contributed by atoms with Crippen molar-refractivity contribution in [2.75, 3.05) is 19.6 Å². The summed E-state index contributed by atoms with van der Waals surface area (Å²) in [6.45, 7) is 5.66. The van der Waals surface area contributed by atoms with Gasteiger partial charge in [-0.25, -0.2) is 0 Å². The lowest BCUT2D eigenvalue weighted by Crippen LogP contribution is -2.48. The molecule has 2 unspecified atom stereocenters. The zero-order valence-corrected chi connectivity index (χ0v) is 16.1. The van der Waals surface area contributed by atoms with Gasteiger partial charge in [0.2, 0.25) is 11.8 Å². The van der Waals surface area contributed by atoms with Crippen LogP contribution >= 0.6 is 15.9 Å². The van der Waals surface area contributed by atoms with Gasteiger partial charge in [-0.1, -0.05) is 34.6 Å². The molecule has 2 atom stereocenters. The lowest BCUT2D eigenvalue weighted by atomic mass is 9.95. The molecule has 0 spiro atoms. The molecule has 134 valence electrons. The van der Waals surface area contributed by atoms with E-state index in [1.54, 1.807) is 4.90 Å². The Morgan fingerprint density at radius 1 is 1.24 bits per heavy atom. The van der Waals surface area contributed by atoms with E-state index in [0.29, 0.717) is 6.54 Å². The molecule has 2 aliphatic heterocycles. The van der Waals surface area contributed by atoms with Crippen molar-refractivity contribution < 1.29 is 9.59 Å². The van der Waals surface area contributed by atoms with Crippen molar-refractivity contribution in [1.29, 1.82) is 0 Å². The predicted octanol–water partition coefficient (Wildman–Crippen LogP) is 3.41. The monoisotopic (exact) mass is 404 g/mol. The van der Waals surface area contributed by atoms with Gasteiger partial charge in [0.15, 0.2) is 0 Å². The number of likely N-dealkylation sites (tertiary alicyclic amines) is 2. The summed E-state index contributed by atoms with van der Waals surface area (Å²) < 4.78 is 1.08. The summed E-state index contributed by atoms with van der Waals surface area (Å²) in [6.07, 6.45) is 6.12. The number of carbonyl (C=O) groups is 2. The van der Waals surface area contributed by atoms with E-state index in [0.717, 1.165) is 49.7 Å². The van der Waals surface area contributed by atoms with Crippen LogP contribution in [0.15, 0.2) is 41.4 Å². The summed E-state index contributed by atoms with van der Waals surface area (Å²) in [6, 6.07) is 8.59. The first-order valence-corrected chi connectivity index (χ1v) is 9.84. The quantitative estimate of drug-likeness (QED) is 0.721. The summed E-state index contributed by atoms with van der Waals surface area (Å²) in [5.74, 6) is 0.0874. The van der Waals surface area contributed by atoms with E-state index < -0.39 is 0 Å². The second kappa shape index (κ2) is 8.17. The molecule has 0 bridgehead atoms. The molecule has 2 fully saturated rings. The molecule has 2 aliphatic rings. The highest BCUT2D eigenvalue weighted by Gasteiger charge is 2.35. The van der Waals surface area contributed by atoms with E-state index in [9.17, 15) is 9.59 Å². The van der Waals surface area contributed by atoms with Gasteiger partial charge in [-0.15, -0.1) is 0 Å². The standard InChI is InChI=1S/C20H25BrN2O2/c1-2-19(24)22-10-4-7-16(14-22)20(25)23-11-5-9-18(23)13-15-6-3-8-17(21)12-15/h2-3,6,8,12,16,18H,1,4-5,7,9-11,13-14H2. The molecule has 25 heavy (non-hydrogen) atoms. The average Bonchev–Trinajstić information content (AvgIpc) is 3.08. The van der Waals surface area contributed by atoms with Gasteiger partial charge in [-0.3, -0.25) is 9.59 Å². The van der Waals surface area contributed by atoms with Crippen molar-refractivity contribution in [3.05, 3.63) is 47.0 Å². The van der Waals surface area contributed by atoms with Gasteiger partial charge in [0.25, 0.3) is 0 Å². The largest absolute Gasteiger partial charge is 0.339 e. The number of carbonyl (C=O) groups excluding carboxylic acids is 2. The van der Waals surface area contributed by atoms with E-state index in [1.165, 1.54) is 11.6 Å². The number of nitrogens with zero attached hydrogens (tertiary/aromatic N) is 2. The molecular weight excluding hydrogens is 380 g/mol. The number of rotatable bonds is 4. The van der Waals surface area contributed by atoms with Gasteiger partial charge in [0.1, 0.15) is 0 Å². The Balaban J connectivity index is 1.66. The van der Waals surface area contributed by atoms with Crippen LogP contribution in [0, 0.1) is 5.92 Å². The number of benzene rings is 1. The van der Waals surface area contributed by atoms with Crippen LogP contribution in [-0.2, 0) is 16.0 Å². The predicted molar refractivity (Wildman–Crippen MR) is 102 cm³/mol. The van der Waals surface area contributed by atoms with E-state index in [4.69, 9.17) is 0 Å². The molecular formula is C20H25BrN2O2. The highest BCUT2D eigenvalue weighted by molar-refractivity contribution is 9.10. The first-order chi connectivity index (χ1) is 12.1. The Hall–Kier alpha value is -1.62. The number of hydrogen-bond donors (Lipinski definition) is 0. The summed E-state index contributed by atoms with van der Waals surface area (Å²) >= 11 is 3.52. The highest BCUT2D eigenvalue weighted by Crippen LogP contribution is 2.27. The molecule has 2 heterocycles. The minimum Gasteiger partial charge on any atom is -0.339 e. The van der Waals surface area contributed by atoms with Crippen molar-refractivity contribution in [1.82, 2.24) is 9.80 Å². The number of halogens is 1. The van der Waals surface area contributed by atoms with Crippen LogP contribution in [0.25, 0.3) is 0 Å². The topological polar surface area (TPSA) is 40.6 Å². The van der Waals surface area contributed by atoms with E-state index >= 15 is 0 Å². The number of hydrogen-bond acceptors (Lipinski definition) is 2. The number of piperidine rings is 1. The fourth-order valence-electron chi connectivity index (χ4n) is 4.02. The van der Waals surface area contributed by atoms with Crippen LogP contribution in [0.1, 0.15) is 31.2 Å². The summed E-state index contributed by atoms with van der Waals surface area (Å²) in [4.78, 5) is 28.8. The second-order valence-electron chi connectivity index (χ2n) is 6.99. The molecule has 0 radical (unpaired) electrons. The van der Waals surface area contributed by atoms with Crippen molar-refractivity contribution >= 4 is 27.7 Å². The third-order valence-electron chi connectivity index (χ3n) is 5.28. The second-order valence-corrected chi connectivity index (χ2v) is 7.90. The lowest BCUT2D eigenvalue weighted by molar-refractivity contribution is -0.140. The maximum atomic E-state index is 13.1. The molecule has 1 aromatic rings. The van der Waals surface area contributed by atoms with E-state index in [2.05, 4.69) is 39.5 Å². The first kappa shape index (κ1) is 18.2. The Labute approximate surface area is 158 Å². The first-order valence-electron chi connectivity index (χ1n) is 9.04. The third-order valence-corrected chi connectivity index (χ3v) is 5.77. The Morgan fingerprint density at radius 3 is 2.80 bits per heavy atom. The van der Waals surface area contributed by atoms with Crippen LogP contribution in [0.5, 0.6) is 0 Å². The zero-order chi connectivity index (χ0) is 17.8. The molecule has 0 saturated carbocycles. The fraction of sp³-hybridized carbons (Fsp3) is 0.500. The number of amides is 2. The molecule has 0 aliphatic carbocycles. The van der Waals surface area contributed by atoms with Gasteiger partial charge in [0, 0.05) is 30.1 Å². The normalized spacial score (nSPS) is 23.6. The van der Waals surface area contributed by atoms with Gasteiger partial charge in [-0.05, 0) is 55.9 Å². The lowest BCUT2D eigenvalue weighted by Gasteiger charge is -2.35. The van der Waals surface area contributed by atoms with Gasteiger partial charge in [0.05, 0.1) is 5.92 Å². The van der Waals surface area contributed by atoms with Crippen LogP contribution in [0.2, 0.25) is 0 Å². The van der Waals surface area contributed by atoms with Crippen molar-refractivity contribution in [2.45, 2.75) is 38.1 Å². The van der Waals surface area contributed by atoms with Gasteiger partial charge in [-0.2, -0.15) is 0 Å². The maximum Gasteiger partial charge on any atom is 0.245 e. The van der Waals surface area contributed by atoms with Gasteiger partial charge >= 0.3 is 0 Å². The molecule has 2 saturated heterocycles. The van der Waals surface area contributed by atoms with E-state index in [1.807, 2.05) is 12.1 Å². The Kier molecular flexibility index (Phi) is 5.94. The summed E-state index contributed by atoms with van der Waals surface area (Å²) in [7, 11) is 0. The smallest absolute Gasteiger partial charge is 0.245 e. The van der Waals surface area contributed by atoms with Crippen molar-refractivity contribution in [2.24, 2.45) is 5.92 Å². The summed E-state index contributed by atoms with van der Waals surface area (Å²) in [5.41, 5.74) is 1.26. The van der Waals surface area contributed by atoms with Crippen molar-refractivity contribution in [3.8, 4) is 0 Å². The molecule has 5 heteroatoms. The van der Waals surface area contributed by atoms with Crippen LogP contribution < -0.4 is 0 Å². The van der Waals surface area contributed by atoms with Crippen LogP contribution in [-0.4, -0.2) is 47.3 Å². The van der Waals surface area contributed by atoms with Crippen LogP contribution in [0.3, 0.4) is 0 Å². The minimum absolute atomic E-state index is 0.0652. The highest BCUT2D eigenvalue weighted by atomic mass is 79.9. The zero-order valence-electron chi connectivity index (χ0n) is 14.5. The van der Waals surface area contributed by atoms with E-state index in [-0.39, 0.29) is 23.8 Å². The van der Waals surface area contributed by atoms with Gasteiger partial charge < -0.3 is 9.80 Å². The van der Waals surface area contributed by atoms with Crippen molar-refractivity contribution in [3.63, 3.8) is 0 Å². The summed E-state index contributed by atoms with van der Waals surface area (Å²) in [5, 5.41) is 0. The molecule has 0 N–H and O–H groups in total. The molecule has 1 aromatic carbocycles. The average molecular weight is 405 g/mol. The molecule has 0 aromatic heterocycles. The molecule has 3 rings (SSSR count).